The van der Waals surface area contributed by atoms with E-state index in [1.54, 1.807) is 7.11 Å². The maximum Gasteiger partial charge on any atom is 0.119 e. The summed E-state index contributed by atoms with van der Waals surface area (Å²) < 4.78 is 16.2. The molecule has 0 unspecified atom stereocenters. The van der Waals surface area contributed by atoms with E-state index in [4.69, 9.17) is 14.2 Å². The largest absolute Gasteiger partial charge is 0.497 e. The number of hydrogen-bond donors (Lipinski definition) is 1. The third-order valence-corrected chi connectivity index (χ3v) is 2.70. The Morgan fingerprint density at radius 1 is 1.00 bits per heavy atom. The molecule has 0 bridgehead atoms. The van der Waals surface area contributed by atoms with E-state index in [2.05, 4.69) is 19.2 Å². The Kier molecular flexibility index (Phi) is 8.83. The average Bonchev–Trinajstić information content (AvgIpc) is 2.46. The molecular formula is C16H27NO3. The van der Waals surface area contributed by atoms with Gasteiger partial charge in [-0.25, -0.2) is 0 Å². The second kappa shape index (κ2) is 10.5. The van der Waals surface area contributed by atoms with Gasteiger partial charge in [0.05, 0.1) is 7.11 Å². The zero-order valence-corrected chi connectivity index (χ0v) is 12.9. The van der Waals surface area contributed by atoms with Crippen molar-refractivity contribution in [1.29, 1.82) is 0 Å². The summed E-state index contributed by atoms with van der Waals surface area (Å²) in [6.07, 6.45) is 1.04. The van der Waals surface area contributed by atoms with Crippen LogP contribution in [-0.4, -0.2) is 40.0 Å². The Morgan fingerprint density at radius 2 is 1.70 bits per heavy atom. The van der Waals surface area contributed by atoms with Crippen LogP contribution in [0.15, 0.2) is 24.3 Å². The highest BCUT2D eigenvalue weighted by Crippen LogP contribution is 2.16. The van der Waals surface area contributed by atoms with Crippen molar-refractivity contribution in [3.63, 3.8) is 0 Å². The van der Waals surface area contributed by atoms with E-state index in [0.29, 0.717) is 12.5 Å². The molecule has 0 aliphatic carbocycles. The lowest BCUT2D eigenvalue weighted by Gasteiger charge is -2.09. The lowest BCUT2D eigenvalue weighted by atomic mass is 10.2. The summed E-state index contributed by atoms with van der Waals surface area (Å²) in [5.41, 5.74) is 0. The molecule has 0 atom stereocenters. The molecule has 0 saturated carbocycles. The van der Waals surface area contributed by atoms with Gasteiger partial charge < -0.3 is 19.5 Å². The summed E-state index contributed by atoms with van der Waals surface area (Å²) >= 11 is 0. The molecule has 0 saturated heterocycles. The summed E-state index contributed by atoms with van der Waals surface area (Å²) in [7, 11) is 1.66. The predicted octanol–water partition coefficient (Wildman–Crippen LogP) is 2.73. The number of ether oxygens (including phenoxy) is 3. The van der Waals surface area contributed by atoms with Crippen LogP contribution in [0.4, 0.5) is 0 Å². The van der Waals surface area contributed by atoms with Gasteiger partial charge in [0.1, 0.15) is 18.1 Å². The fourth-order valence-electron chi connectivity index (χ4n) is 1.66. The van der Waals surface area contributed by atoms with Crippen molar-refractivity contribution in [2.24, 2.45) is 5.92 Å². The van der Waals surface area contributed by atoms with Crippen LogP contribution in [0.25, 0.3) is 0 Å². The van der Waals surface area contributed by atoms with Gasteiger partial charge in [-0.2, -0.15) is 0 Å². The number of hydrogen-bond acceptors (Lipinski definition) is 4. The van der Waals surface area contributed by atoms with E-state index in [1.807, 2.05) is 24.3 Å². The van der Waals surface area contributed by atoms with Crippen LogP contribution in [0.1, 0.15) is 20.3 Å². The van der Waals surface area contributed by atoms with Crippen molar-refractivity contribution in [2.75, 3.05) is 40.0 Å². The van der Waals surface area contributed by atoms with Gasteiger partial charge >= 0.3 is 0 Å². The molecular weight excluding hydrogens is 254 g/mol. The first-order valence-electron chi connectivity index (χ1n) is 7.27. The molecule has 0 fully saturated rings. The van der Waals surface area contributed by atoms with Crippen molar-refractivity contribution in [1.82, 2.24) is 5.32 Å². The molecule has 20 heavy (non-hydrogen) atoms. The van der Waals surface area contributed by atoms with E-state index in [-0.39, 0.29) is 0 Å². The first kappa shape index (κ1) is 16.8. The third kappa shape index (κ3) is 8.02. The smallest absolute Gasteiger partial charge is 0.119 e. The monoisotopic (exact) mass is 281 g/mol. The average molecular weight is 281 g/mol. The normalized spacial score (nSPS) is 10.8. The van der Waals surface area contributed by atoms with Gasteiger partial charge in [0.2, 0.25) is 0 Å². The minimum Gasteiger partial charge on any atom is -0.497 e. The van der Waals surface area contributed by atoms with Crippen molar-refractivity contribution < 1.29 is 14.2 Å². The molecule has 1 aromatic carbocycles. The molecule has 0 aromatic heterocycles. The highest BCUT2D eigenvalue weighted by molar-refractivity contribution is 5.31. The molecule has 1 N–H and O–H groups in total. The van der Waals surface area contributed by atoms with Crippen LogP contribution < -0.4 is 14.8 Å². The molecule has 4 heteroatoms. The van der Waals surface area contributed by atoms with Gasteiger partial charge in [0, 0.05) is 19.8 Å². The van der Waals surface area contributed by atoms with E-state index < -0.39 is 0 Å². The van der Waals surface area contributed by atoms with E-state index in [0.717, 1.165) is 44.2 Å². The summed E-state index contributed by atoms with van der Waals surface area (Å²) in [4.78, 5) is 0. The van der Waals surface area contributed by atoms with Gasteiger partial charge in [0.25, 0.3) is 0 Å². The maximum atomic E-state index is 5.62. The van der Waals surface area contributed by atoms with Crippen LogP contribution in [-0.2, 0) is 4.74 Å². The highest BCUT2D eigenvalue weighted by Gasteiger charge is 1.96. The lowest BCUT2D eigenvalue weighted by Crippen LogP contribution is -2.23. The molecule has 1 aromatic rings. The summed E-state index contributed by atoms with van der Waals surface area (Å²) in [6, 6.07) is 7.63. The van der Waals surface area contributed by atoms with Crippen LogP contribution in [0.5, 0.6) is 11.5 Å². The van der Waals surface area contributed by atoms with Crippen molar-refractivity contribution >= 4 is 0 Å². The van der Waals surface area contributed by atoms with E-state index in [9.17, 15) is 0 Å². The van der Waals surface area contributed by atoms with E-state index in [1.165, 1.54) is 0 Å². The van der Waals surface area contributed by atoms with Crippen molar-refractivity contribution in [3.8, 4) is 11.5 Å². The lowest BCUT2D eigenvalue weighted by molar-refractivity contribution is 0.108. The molecule has 1 rings (SSSR count). The fourth-order valence-corrected chi connectivity index (χ4v) is 1.66. The Hall–Kier alpha value is -1.26. The van der Waals surface area contributed by atoms with Crippen LogP contribution in [0.3, 0.4) is 0 Å². The molecule has 0 heterocycles. The van der Waals surface area contributed by atoms with Crippen LogP contribution >= 0.6 is 0 Å². The minimum atomic E-state index is 0.612. The zero-order valence-electron chi connectivity index (χ0n) is 12.9. The predicted molar refractivity (Wildman–Crippen MR) is 81.6 cm³/mol. The molecule has 4 nitrogen and oxygen atoms in total. The SMILES string of the molecule is COc1ccc(OCCNCCCOCC(C)C)cc1. The topological polar surface area (TPSA) is 39.7 Å². The minimum absolute atomic E-state index is 0.612. The second-order valence-electron chi connectivity index (χ2n) is 5.10. The quantitative estimate of drug-likeness (QED) is 0.633. The highest BCUT2D eigenvalue weighted by atomic mass is 16.5. The molecule has 0 radical (unpaired) electrons. The summed E-state index contributed by atoms with van der Waals surface area (Å²) in [6.45, 7) is 8.47. The zero-order chi connectivity index (χ0) is 14.6. The fraction of sp³-hybridized carbons (Fsp3) is 0.625. The standard InChI is InChI=1S/C16H27NO3/c1-14(2)13-19-11-4-9-17-10-12-20-16-7-5-15(18-3)6-8-16/h5-8,14,17H,4,9-13H2,1-3H3. The summed E-state index contributed by atoms with van der Waals surface area (Å²) in [5.74, 6) is 2.32. The number of benzene rings is 1. The Morgan fingerprint density at radius 3 is 2.35 bits per heavy atom. The Labute approximate surface area is 122 Å². The molecule has 0 spiro atoms. The van der Waals surface area contributed by atoms with Crippen LogP contribution in [0, 0.1) is 5.92 Å². The van der Waals surface area contributed by atoms with Gasteiger partial charge in [-0.15, -0.1) is 0 Å². The number of methoxy groups -OCH3 is 1. The van der Waals surface area contributed by atoms with Crippen molar-refractivity contribution in [3.05, 3.63) is 24.3 Å². The second-order valence-corrected chi connectivity index (χ2v) is 5.10. The Balaban J connectivity index is 1.94. The first-order chi connectivity index (χ1) is 9.72. The van der Waals surface area contributed by atoms with E-state index >= 15 is 0 Å². The van der Waals surface area contributed by atoms with Crippen LogP contribution in [0.2, 0.25) is 0 Å². The number of rotatable bonds is 11. The van der Waals surface area contributed by atoms with Gasteiger partial charge in [0.15, 0.2) is 0 Å². The molecule has 0 aliphatic rings. The summed E-state index contributed by atoms with van der Waals surface area (Å²) in [5, 5.41) is 3.34. The third-order valence-electron chi connectivity index (χ3n) is 2.70. The molecule has 114 valence electrons. The maximum absolute atomic E-state index is 5.62. The van der Waals surface area contributed by atoms with Crippen molar-refractivity contribution in [2.45, 2.75) is 20.3 Å². The Bertz CT molecular complexity index is 338. The van der Waals surface area contributed by atoms with Gasteiger partial charge in [-0.05, 0) is 43.1 Å². The van der Waals surface area contributed by atoms with Gasteiger partial charge in [-0.1, -0.05) is 13.8 Å². The molecule has 0 amide bonds. The first-order valence-corrected chi connectivity index (χ1v) is 7.27. The number of nitrogens with one attached hydrogen (secondary N) is 1. The van der Waals surface area contributed by atoms with Gasteiger partial charge in [-0.3, -0.25) is 0 Å². The molecule has 0 aliphatic heterocycles.